The molecule has 1 aliphatic heterocycles. The molecule has 0 aromatic heterocycles. The van der Waals surface area contributed by atoms with Crippen LogP contribution in [0.5, 0.6) is 0 Å². The zero-order chi connectivity index (χ0) is 14.5. The number of unbranched alkanes of at least 4 members (excludes halogenated alkanes) is 2. The maximum Gasteiger partial charge on any atom is 0.0304 e. The molecule has 1 aliphatic rings. The van der Waals surface area contributed by atoms with E-state index in [9.17, 15) is 0 Å². The predicted molar refractivity (Wildman–Crippen MR) is 85.7 cm³/mol. The Bertz CT molecular complexity index is 250. The van der Waals surface area contributed by atoms with Crippen molar-refractivity contribution in [2.45, 2.75) is 85.2 Å². The van der Waals surface area contributed by atoms with Gasteiger partial charge in [0.1, 0.15) is 0 Å². The molecule has 1 unspecified atom stereocenters. The Morgan fingerprint density at radius 1 is 1.11 bits per heavy atom. The predicted octanol–water partition coefficient (Wildman–Crippen LogP) is 4.06. The summed E-state index contributed by atoms with van der Waals surface area (Å²) < 4.78 is 0. The second-order valence-corrected chi connectivity index (χ2v) is 7.43. The molecule has 0 amide bonds. The van der Waals surface area contributed by atoms with Crippen LogP contribution in [0.4, 0.5) is 0 Å². The first kappa shape index (κ1) is 17.0. The van der Waals surface area contributed by atoms with Crippen LogP contribution < -0.4 is 5.32 Å². The summed E-state index contributed by atoms with van der Waals surface area (Å²) in [5, 5.41) is 3.87. The summed E-state index contributed by atoms with van der Waals surface area (Å²) in [5.74, 6) is 0. The van der Waals surface area contributed by atoms with Gasteiger partial charge in [-0.1, -0.05) is 54.4 Å². The van der Waals surface area contributed by atoms with Gasteiger partial charge in [0.25, 0.3) is 0 Å². The van der Waals surface area contributed by atoms with Gasteiger partial charge < -0.3 is 5.32 Å². The van der Waals surface area contributed by atoms with E-state index in [0.29, 0.717) is 17.0 Å². The Labute approximate surface area is 121 Å². The molecule has 114 valence electrons. The fourth-order valence-corrected chi connectivity index (χ4v) is 3.37. The number of nitrogens with zero attached hydrogens (tertiary/aromatic N) is 1. The van der Waals surface area contributed by atoms with E-state index in [2.05, 4.69) is 51.8 Å². The van der Waals surface area contributed by atoms with Crippen LogP contribution in [0.15, 0.2) is 0 Å². The first-order valence-corrected chi connectivity index (χ1v) is 8.37. The highest BCUT2D eigenvalue weighted by atomic mass is 15.3. The molecule has 0 bridgehead atoms. The van der Waals surface area contributed by atoms with Crippen LogP contribution in [-0.2, 0) is 0 Å². The van der Waals surface area contributed by atoms with Crippen molar-refractivity contribution in [3.05, 3.63) is 0 Å². The lowest BCUT2D eigenvalue weighted by atomic mass is 9.80. The fourth-order valence-electron chi connectivity index (χ4n) is 3.37. The zero-order valence-electron chi connectivity index (χ0n) is 14.2. The number of hydrogen-bond acceptors (Lipinski definition) is 2. The topological polar surface area (TPSA) is 15.3 Å². The van der Waals surface area contributed by atoms with Crippen molar-refractivity contribution >= 4 is 0 Å². The quantitative estimate of drug-likeness (QED) is 0.731. The van der Waals surface area contributed by atoms with Crippen LogP contribution >= 0.6 is 0 Å². The molecule has 19 heavy (non-hydrogen) atoms. The van der Waals surface area contributed by atoms with Gasteiger partial charge in [-0.15, -0.1) is 0 Å². The van der Waals surface area contributed by atoms with Gasteiger partial charge in [0, 0.05) is 24.7 Å². The molecule has 2 heteroatoms. The monoisotopic (exact) mass is 268 g/mol. The number of piperazine rings is 1. The van der Waals surface area contributed by atoms with E-state index in [1.807, 2.05) is 0 Å². The Balaban J connectivity index is 2.74. The Hall–Kier alpha value is -0.0800. The van der Waals surface area contributed by atoms with E-state index >= 15 is 0 Å². The molecule has 0 saturated carbocycles. The summed E-state index contributed by atoms with van der Waals surface area (Å²) in [6.45, 7) is 17.8. The van der Waals surface area contributed by atoms with Crippen LogP contribution in [0.25, 0.3) is 0 Å². The van der Waals surface area contributed by atoms with Crippen molar-refractivity contribution in [3.8, 4) is 0 Å². The summed E-state index contributed by atoms with van der Waals surface area (Å²) in [5.41, 5.74) is 0.723. The van der Waals surface area contributed by atoms with E-state index in [1.54, 1.807) is 0 Å². The van der Waals surface area contributed by atoms with E-state index in [4.69, 9.17) is 0 Å². The third-order valence-corrected chi connectivity index (χ3v) is 5.02. The van der Waals surface area contributed by atoms with Crippen molar-refractivity contribution in [2.24, 2.45) is 5.41 Å². The Morgan fingerprint density at radius 3 is 2.21 bits per heavy atom. The minimum absolute atomic E-state index is 0.355. The van der Waals surface area contributed by atoms with Gasteiger partial charge >= 0.3 is 0 Å². The second-order valence-electron chi connectivity index (χ2n) is 7.43. The van der Waals surface area contributed by atoms with Crippen LogP contribution in [0.1, 0.15) is 73.6 Å². The van der Waals surface area contributed by atoms with Crippen LogP contribution in [0.3, 0.4) is 0 Å². The molecular weight excluding hydrogens is 232 g/mol. The molecule has 0 radical (unpaired) electrons. The fraction of sp³-hybridized carbons (Fsp3) is 1.00. The zero-order valence-corrected chi connectivity index (χ0v) is 14.2. The van der Waals surface area contributed by atoms with Crippen LogP contribution in [0.2, 0.25) is 0 Å². The molecule has 1 rings (SSSR count). The number of hydrogen-bond donors (Lipinski definition) is 1. The van der Waals surface area contributed by atoms with Crippen molar-refractivity contribution in [1.29, 1.82) is 0 Å². The third kappa shape index (κ3) is 4.46. The molecule has 1 heterocycles. The largest absolute Gasteiger partial charge is 0.308 e. The lowest BCUT2D eigenvalue weighted by Crippen LogP contribution is -2.66. The van der Waals surface area contributed by atoms with E-state index in [1.165, 1.54) is 45.2 Å². The first-order chi connectivity index (χ1) is 8.88. The molecular formula is C17H36N2. The average molecular weight is 268 g/mol. The van der Waals surface area contributed by atoms with E-state index in [0.717, 1.165) is 6.54 Å². The highest BCUT2D eigenvalue weighted by molar-refractivity contribution is 4.99. The second kappa shape index (κ2) is 7.08. The standard InChI is InChI=1S/C17H36N2/c1-7-10-11-12-19-14-17(8-2,9-3)18-13-15(19)16(4,5)6/h15,18H,7-14H2,1-6H3. The van der Waals surface area contributed by atoms with Gasteiger partial charge in [-0.25, -0.2) is 0 Å². The minimum Gasteiger partial charge on any atom is -0.308 e. The summed E-state index contributed by atoms with van der Waals surface area (Å²) in [6, 6.07) is 0.676. The lowest BCUT2D eigenvalue weighted by molar-refractivity contribution is 0.0178. The van der Waals surface area contributed by atoms with Gasteiger partial charge in [0.2, 0.25) is 0 Å². The molecule has 0 aromatic rings. The Morgan fingerprint density at radius 2 is 1.74 bits per heavy atom. The summed E-state index contributed by atoms with van der Waals surface area (Å²) in [6.07, 6.45) is 6.52. The minimum atomic E-state index is 0.355. The van der Waals surface area contributed by atoms with E-state index < -0.39 is 0 Å². The molecule has 1 fully saturated rings. The summed E-state index contributed by atoms with van der Waals surface area (Å²) in [7, 11) is 0. The van der Waals surface area contributed by atoms with Crippen molar-refractivity contribution in [1.82, 2.24) is 10.2 Å². The van der Waals surface area contributed by atoms with Gasteiger partial charge in [0.15, 0.2) is 0 Å². The van der Waals surface area contributed by atoms with Gasteiger partial charge in [-0.2, -0.15) is 0 Å². The highest BCUT2D eigenvalue weighted by Crippen LogP contribution is 2.31. The van der Waals surface area contributed by atoms with Crippen molar-refractivity contribution in [3.63, 3.8) is 0 Å². The van der Waals surface area contributed by atoms with Crippen molar-refractivity contribution < 1.29 is 0 Å². The third-order valence-electron chi connectivity index (χ3n) is 5.02. The van der Waals surface area contributed by atoms with Crippen LogP contribution in [0, 0.1) is 5.41 Å². The molecule has 1 saturated heterocycles. The normalized spacial score (nSPS) is 24.6. The average Bonchev–Trinajstić information content (AvgIpc) is 2.37. The van der Waals surface area contributed by atoms with Gasteiger partial charge in [-0.3, -0.25) is 4.90 Å². The molecule has 1 atom stereocenters. The van der Waals surface area contributed by atoms with Gasteiger partial charge in [-0.05, 0) is 31.2 Å². The molecule has 2 nitrogen and oxygen atoms in total. The number of nitrogens with one attached hydrogen (secondary N) is 1. The first-order valence-electron chi connectivity index (χ1n) is 8.37. The lowest BCUT2D eigenvalue weighted by Gasteiger charge is -2.51. The SMILES string of the molecule is CCCCCN1CC(CC)(CC)NCC1C(C)(C)C. The maximum atomic E-state index is 3.87. The smallest absolute Gasteiger partial charge is 0.0304 e. The van der Waals surface area contributed by atoms with Crippen molar-refractivity contribution in [2.75, 3.05) is 19.6 Å². The molecule has 0 aliphatic carbocycles. The number of rotatable bonds is 6. The highest BCUT2D eigenvalue weighted by Gasteiger charge is 2.40. The van der Waals surface area contributed by atoms with Crippen LogP contribution in [-0.4, -0.2) is 36.1 Å². The summed E-state index contributed by atoms with van der Waals surface area (Å²) in [4.78, 5) is 2.78. The van der Waals surface area contributed by atoms with E-state index in [-0.39, 0.29) is 0 Å². The maximum absolute atomic E-state index is 3.87. The molecule has 1 N–H and O–H groups in total. The molecule has 0 spiro atoms. The van der Waals surface area contributed by atoms with Gasteiger partial charge in [0.05, 0.1) is 0 Å². The summed E-state index contributed by atoms with van der Waals surface area (Å²) >= 11 is 0. The molecule has 0 aromatic carbocycles. The Kier molecular flexibility index (Phi) is 6.32.